The number of halogens is 1. The molecule has 1 aliphatic heterocycles. The van der Waals surface area contributed by atoms with Crippen molar-refractivity contribution >= 4 is 23.1 Å². The molecule has 2 amide bonds. The minimum Gasteiger partial charge on any atom is -0.334 e. The first-order chi connectivity index (χ1) is 11.2. The molecule has 1 saturated heterocycles. The summed E-state index contributed by atoms with van der Waals surface area (Å²) in [6.07, 6.45) is 3.34. The van der Waals surface area contributed by atoms with Crippen molar-refractivity contribution in [1.82, 2.24) is 15.2 Å². The highest BCUT2D eigenvalue weighted by atomic mass is 32.1. The van der Waals surface area contributed by atoms with Gasteiger partial charge in [-0.2, -0.15) is 4.39 Å². The van der Waals surface area contributed by atoms with Crippen molar-refractivity contribution in [3.63, 3.8) is 0 Å². The number of urea groups is 1. The molecule has 122 valence electrons. The Morgan fingerprint density at radius 3 is 3.09 bits per heavy atom. The number of likely N-dealkylation sites (tertiary alicyclic amines) is 1. The van der Waals surface area contributed by atoms with Gasteiger partial charge in [0.15, 0.2) is 0 Å². The number of rotatable bonds is 4. The van der Waals surface area contributed by atoms with Crippen LogP contribution in [0.25, 0.3) is 0 Å². The summed E-state index contributed by atoms with van der Waals surface area (Å²) in [6, 6.07) is 6.75. The number of anilines is 1. The molecule has 23 heavy (non-hydrogen) atoms. The molecular weight excluding hydrogens is 315 g/mol. The number of amides is 2. The summed E-state index contributed by atoms with van der Waals surface area (Å²) in [7, 11) is 0. The molecule has 2 aromatic rings. The number of pyridine rings is 1. The lowest BCUT2D eigenvalue weighted by molar-refractivity contribution is 0.184. The molecular formula is C16H19FN4OS. The molecule has 1 aliphatic rings. The molecule has 0 spiro atoms. The first-order valence-electron chi connectivity index (χ1n) is 7.63. The molecule has 3 heterocycles. The Morgan fingerprint density at radius 2 is 2.35 bits per heavy atom. The van der Waals surface area contributed by atoms with Crippen molar-refractivity contribution in [2.75, 3.05) is 18.4 Å². The third kappa shape index (κ3) is 4.74. The van der Waals surface area contributed by atoms with E-state index in [1.165, 1.54) is 23.2 Å². The molecule has 1 atom stereocenters. The van der Waals surface area contributed by atoms with E-state index in [4.69, 9.17) is 0 Å². The summed E-state index contributed by atoms with van der Waals surface area (Å²) in [6.45, 7) is 2.83. The Balaban J connectivity index is 1.48. The van der Waals surface area contributed by atoms with Crippen molar-refractivity contribution in [2.45, 2.75) is 25.4 Å². The maximum absolute atomic E-state index is 12.8. The van der Waals surface area contributed by atoms with E-state index in [-0.39, 0.29) is 12.1 Å². The number of carbonyl (C=O) groups excluding carboxylic acids is 1. The molecule has 0 bridgehead atoms. The molecule has 1 fully saturated rings. The molecule has 0 radical (unpaired) electrons. The summed E-state index contributed by atoms with van der Waals surface area (Å²) in [4.78, 5) is 19.2. The van der Waals surface area contributed by atoms with Crippen molar-refractivity contribution < 1.29 is 9.18 Å². The minimum absolute atomic E-state index is 0.122. The van der Waals surface area contributed by atoms with Crippen LogP contribution in [0.15, 0.2) is 35.8 Å². The maximum atomic E-state index is 12.8. The zero-order valence-corrected chi connectivity index (χ0v) is 13.5. The first-order valence-corrected chi connectivity index (χ1v) is 8.51. The molecule has 5 nitrogen and oxygen atoms in total. The quantitative estimate of drug-likeness (QED) is 0.845. The number of hydrogen-bond acceptors (Lipinski definition) is 4. The molecule has 7 heteroatoms. The lowest BCUT2D eigenvalue weighted by Crippen LogP contribution is -2.48. The van der Waals surface area contributed by atoms with E-state index < -0.39 is 5.95 Å². The Labute approximate surface area is 138 Å². The molecule has 3 rings (SSSR count). The van der Waals surface area contributed by atoms with Gasteiger partial charge in [0.1, 0.15) is 0 Å². The Hall–Kier alpha value is -1.99. The zero-order valence-electron chi connectivity index (χ0n) is 12.7. The second-order valence-corrected chi connectivity index (χ2v) is 6.65. The fourth-order valence-corrected chi connectivity index (χ4v) is 3.49. The zero-order chi connectivity index (χ0) is 16.1. The smallest absolute Gasteiger partial charge is 0.319 e. The number of aromatic nitrogens is 1. The predicted molar refractivity (Wildman–Crippen MR) is 89.0 cm³/mol. The van der Waals surface area contributed by atoms with Crippen molar-refractivity contribution in [1.29, 1.82) is 0 Å². The van der Waals surface area contributed by atoms with Crippen LogP contribution in [0.3, 0.4) is 0 Å². The third-order valence-corrected chi connectivity index (χ3v) is 4.65. The normalized spacial score (nSPS) is 18.6. The van der Waals surface area contributed by atoms with Gasteiger partial charge in [-0.1, -0.05) is 6.07 Å². The van der Waals surface area contributed by atoms with Crippen LogP contribution >= 0.6 is 11.3 Å². The fourth-order valence-electron chi connectivity index (χ4n) is 2.74. The lowest BCUT2D eigenvalue weighted by atomic mass is 10.1. The van der Waals surface area contributed by atoms with Crippen molar-refractivity contribution in [3.05, 3.63) is 46.7 Å². The van der Waals surface area contributed by atoms with Crippen LogP contribution in [0, 0.1) is 5.95 Å². The molecule has 0 aliphatic carbocycles. The van der Waals surface area contributed by atoms with Crippen molar-refractivity contribution in [3.8, 4) is 0 Å². The van der Waals surface area contributed by atoms with Gasteiger partial charge in [-0.25, -0.2) is 9.78 Å². The lowest BCUT2D eigenvalue weighted by Gasteiger charge is -2.32. The van der Waals surface area contributed by atoms with Crippen molar-refractivity contribution in [2.24, 2.45) is 0 Å². The third-order valence-electron chi connectivity index (χ3n) is 3.79. The van der Waals surface area contributed by atoms with E-state index in [1.54, 1.807) is 11.3 Å². The molecule has 0 unspecified atom stereocenters. The molecule has 0 aromatic carbocycles. The average molecular weight is 334 g/mol. The number of hydrogen-bond donors (Lipinski definition) is 2. The highest BCUT2D eigenvalue weighted by molar-refractivity contribution is 7.09. The molecule has 2 aromatic heterocycles. The summed E-state index contributed by atoms with van der Waals surface area (Å²) < 4.78 is 12.8. The van der Waals surface area contributed by atoms with Gasteiger partial charge in [0.2, 0.25) is 5.95 Å². The highest BCUT2D eigenvalue weighted by Gasteiger charge is 2.21. The van der Waals surface area contributed by atoms with Gasteiger partial charge in [-0.15, -0.1) is 11.3 Å². The van der Waals surface area contributed by atoms with E-state index in [0.717, 1.165) is 32.5 Å². The Kier molecular flexibility index (Phi) is 5.19. The average Bonchev–Trinajstić information content (AvgIpc) is 3.03. The van der Waals surface area contributed by atoms with Crippen LogP contribution < -0.4 is 10.6 Å². The largest absolute Gasteiger partial charge is 0.334 e. The number of piperidine rings is 1. The summed E-state index contributed by atoms with van der Waals surface area (Å²) in [5.74, 6) is -0.563. The van der Waals surface area contributed by atoms with Gasteiger partial charge in [0.25, 0.3) is 0 Å². The van der Waals surface area contributed by atoms with E-state index in [9.17, 15) is 9.18 Å². The summed E-state index contributed by atoms with van der Waals surface area (Å²) in [5.41, 5.74) is 0.482. The van der Waals surface area contributed by atoms with Gasteiger partial charge < -0.3 is 10.6 Å². The standard InChI is InChI=1S/C16H19FN4OS/c17-15-6-5-12(9-18-15)19-16(22)20-13-3-1-7-21(10-13)11-14-4-2-8-23-14/h2,4-6,8-9,13H,1,3,7,10-11H2,(H2,19,20,22)/t13-/m1/s1. The van der Waals surface area contributed by atoms with Gasteiger partial charge in [-0.05, 0) is 43.0 Å². The number of nitrogens with one attached hydrogen (secondary N) is 2. The van der Waals surface area contributed by atoms with Crippen LogP contribution in [-0.2, 0) is 6.54 Å². The van der Waals surface area contributed by atoms with Gasteiger partial charge in [-0.3, -0.25) is 4.90 Å². The summed E-state index contributed by atoms with van der Waals surface area (Å²) in [5, 5.41) is 7.75. The second-order valence-electron chi connectivity index (χ2n) is 5.62. The topological polar surface area (TPSA) is 57.3 Å². The van der Waals surface area contributed by atoms with Gasteiger partial charge in [0.05, 0.1) is 11.9 Å². The second kappa shape index (κ2) is 7.52. The summed E-state index contributed by atoms with van der Waals surface area (Å²) >= 11 is 1.76. The SMILES string of the molecule is O=C(Nc1ccc(F)nc1)N[C@@H]1CCCN(Cc2cccs2)C1. The minimum atomic E-state index is -0.563. The monoisotopic (exact) mass is 334 g/mol. The van der Waals surface area contributed by atoms with Crippen LogP contribution in [0.2, 0.25) is 0 Å². The van der Waals surface area contributed by atoms with E-state index in [2.05, 4.69) is 38.0 Å². The van der Waals surface area contributed by atoms with Crippen LogP contribution in [-0.4, -0.2) is 35.0 Å². The van der Waals surface area contributed by atoms with E-state index >= 15 is 0 Å². The highest BCUT2D eigenvalue weighted by Crippen LogP contribution is 2.17. The van der Waals surface area contributed by atoms with Gasteiger partial charge >= 0.3 is 6.03 Å². The predicted octanol–water partition coefficient (Wildman–Crippen LogP) is 3.07. The van der Waals surface area contributed by atoms with E-state index in [0.29, 0.717) is 5.69 Å². The van der Waals surface area contributed by atoms with Gasteiger partial charge in [0, 0.05) is 24.0 Å². The fraction of sp³-hybridized carbons (Fsp3) is 0.375. The molecule has 2 N–H and O–H groups in total. The number of thiophene rings is 1. The van der Waals surface area contributed by atoms with Crippen LogP contribution in [0.1, 0.15) is 17.7 Å². The Bertz CT molecular complexity index is 632. The van der Waals surface area contributed by atoms with E-state index in [1.807, 2.05) is 0 Å². The molecule has 0 saturated carbocycles. The first kappa shape index (κ1) is 15.9. The number of carbonyl (C=O) groups is 1. The van der Waals surface area contributed by atoms with Crippen LogP contribution in [0.5, 0.6) is 0 Å². The Morgan fingerprint density at radius 1 is 1.43 bits per heavy atom. The number of nitrogens with zero attached hydrogens (tertiary/aromatic N) is 2. The maximum Gasteiger partial charge on any atom is 0.319 e. The van der Waals surface area contributed by atoms with Crippen LogP contribution in [0.4, 0.5) is 14.9 Å².